The van der Waals surface area contributed by atoms with E-state index in [1.54, 1.807) is 18.6 Å². The molecule has 0 aromatic carbocycles. The first kappa shape index (κ1) is 13.1. The molecule has 0 bridgehead atoms. The van der Waals surface area contributed by atoms with E-state index >= 15 is 0 Å². The van der Waals surface area contributed by atoms with E-state index in [9.17, 15) is 4.79 Å². The summed E-state index contributed by atoms with van der Waals surface area (Å²) in [5.41, 5.74) is 3.45. The summed E-state index contributed by atoms with van der Waals surface area (Å²) in [5, 5.41) is 6.46. The molecule has 1 aliphatic rings. The number of nitrogens with zero attached hydrogens (tertiary/aromatic N) is 2. The predicted octanol–water partition coefficient (Wildman–Crippen LogP) is 1.42. The predicted molar refractivity (Wildman–Crippen MR) is 75.5 cm³/mol. The Bertz CT molecular complexity index is 654. The summed E-state index contributed by atoms with van der Waals surface area (Å²) in [6.07, 6.45) is 3.78. The zero-order valence-electron chi connectivity index (χ0n) is 10.9. The van der Waals surface area contributed by atoms with Gasteiger partial charge in [0.25, 0.3) is 0 Å². The quantitative estimate of drug-likeness (QED) is 0.731. The van der Waals surface area contributed by atoms with E-state index in [1.165, 1.54) is 0 Å². The maximum atomic E-state index is 12.2. The SMILES string of the molecule is Cc1cc(NC(=O)C2Cc3nc[nH]c3CN2)cnc1Cl. The number of aromatic nitrogens is 3. The molecule has 0 radical (unpaired) electrons. The zero-order valence-corrected chi connectivity index (χ0v) is 11.7. The fraction of sp³-hybridized carbons (Fsp3) is 0.308. The van der Waals surface area contributed by atoms with Gasteiger partial charge in [0.1, 0.15) is 5.15 Å². The van der Waals surface area contributed by atoms with Gasteiger partial charge in [-0.3, -0.25) is 10.1 Å². The number of anilines is 1. The smallest absolute Gasteiger partial charge is 0.241 e. The van der Waals surface area contributed by atoms with Crippen molar-refractivity contribution in [2.24, 2.45) is 0 Å². The number of aryl methyl sites for hydroxylation is 1. The number of amides is 1. The van der Waals surface area contributed by atoms with Gasteiger partial charge >= 0.3 is 0 Å². The third-order valence-electron chi connectivity index (χ3n) is 3.33. The fourth-order valence-electron chi connectivity index (χ4n) is 2.21. The molecule has 1 atom stereocenters. The minimum absolute atomic E-state index is 0.0952. The highest BCUT2D eigenvalue weighted by atomic mass is 35.5. The van der Waals surface area contributed by atoms with Crippen LogP contribution in [0.25, 0.3) is 0 Å². The summed E-state index contributed by atoms with van der Waals surface area (Å²) in [6.45, 7) is 2.46. The minimum atomic E-state index is -0.290. The van der Waals surface area contributed by atoms with E-state index in [0.717, 1.165) is 17.0 Å². The third kappa shape index (κ3) is 2.52. The number of nitrogens with one attached hydrogen (secondary N) is 3. The number of aromatic amines is 1. The van der Waals surface area contributed by atoms with E-state index < -0.39 is 0 Å². The van der Waals surface area contributed by atoms with Gasteiger partial charge in [0, 0.05) is 13.0 Å². The van der Waals surface area contributed by atoms with Gasteiger partial charge in [-0.15, -0.1) is 0 Å². The average Bonchev–Trinajstić information content (AvgIpc) is 2.90. The molecular weight excluding hydrogens is 278 g/mol. The number of imidazole rings is 1. The van der Waals surface area contributed by atoms with Crippen LogP contribution < -0.4 is 10.6 Å². The second-order valence-electron chi connectivity index (χ2n) is 4.79. The summed E-state index contributed by atoms with van der Waals surface area (Å²) >= 11 is 5.86. The Morgan fingerprint density at radius 2 is 2.35 bits per heavy atom. The molecular formula is C13H14ClN5O. The first-order chi connectivity index (χ1) is 9.63. The van der Waals surface area contributed by atoms with Crippen molar-refractivity contribution in [1.82, 2.24) is 20.3 Å². The number of fused-ring (bicyclic) bond motifs is 1. The summed E-state index contributed by atoms with van der Waals surface area (Å²) in [4.78, 5) is 23.5. The number of hydrogen-bond donors (Lipinski definition) is 3. The molecule has 3 heterocycles. The lowest BCUT2D eigenvalue weighted by molar-refractivity contribution is -0.118. The Balaban J connectivity index is 1.69. The molecule has 1 unspecified atom stereocenters. The van der Waals surface area contributed by atoms with Gasteiger partial charge in [-0.2, -0.15) is 0 Å². The Kier molecular flexibility index (Phi) is 3.42. The number of halogens is 1. The fourth-order valence-corrected chi connectivity index (χ4v) is 2.31. The van der Waals surface area contributed by atoms with Crippen LogP contribution in [0.15, 0.2) is 18.6 Å². The largest absolute Gasteiger partial charge is 0.347 e. The number of H-pyrrole nitrogens is 1. The number of rotatable bonds is 2. The van der Waals surface area contributed by atoms with E-state index in [-0.39, 0.29) is 11.9 Å². The number of carbonyl (C=O) groups is 1. The lowest BCUT2D eigenvalue weighted by atomic mass is 10.0. The van der Waals surface area contributed by atoms with Crippen molar-refractivity contribution in [2.45, 2.75) is 25.9 Å². The molecule has 0 aliphatic carbocycles. The van der Waals surface area contributed by atoms with Crippen molar-refractivity contribution >= 4 is 23.2 Å². The van der Waals surface area contributed by atoms with Crippen LogP contribution in [-0.2, 0) is 17.8 Å². The minimum Gasteiger partial charge on any atom is -0.347 e. The van der Waals surface area contributed by atoms with Gasteiger partial charge in [-0.25, -0.2) is 9.97 Å². The van der Waals surface area contributed by atoms with Gasteiger partial charge in [-0.05, 0) is 18.6 Å². The Morgan fingerprint density at radius 3 is 3.15 bits per heavy atom. The molecule has 6 nitrogen and oxygen atoms in total. The summed E-state index contributed by atoms with van der Waals surface area (Å²) in [5.74, 6) is -0.0952. The van der Waals surface area contributed by atoms with Crippen molar-refractivity contribution in [3.8, 4) is 0 Å². The Labute approximate surface area is 121 Å². The van der Waals surface area contributed by atoms with Crippen LogP contribution in [0.5, 0.6) is 0 Å². The molecule has 1 amide bonds. The molecule has 2 aromatic heterocycles. The van der Waals surface area contributed by atoms with Crippen molar-refractivity contribution < 1.29 is 4.79 Å². The van der Waals surface area contributed by atoms with E-state index in [1.807, 2.05) is 6.92 Å². The lowest BCUT2D eigenvalue weighted by Crippen LogP contribution is -2.44. The number of hydrogen-bond acceptors (Lipinski definition) is 4. The van der Waals surface area contributed by atoms with Gasteiger partial charge in [0.05, 0.1) is 35.6 Å². The van der Waals surface area contributed by atoms with Crippen molar-refractivity contribution in [3.63, 3.8) is 0 Å². The molecule has 0 spiro atoms. The zero-order chi connectivity index (χ0) is 14.1. The molecule has 0 saturated carbocycles. The number of carbonyl (C=O) groups excluding carboxylic acids is 1. The summed E-state index contributed by atoms with van der Waals surface area (Å²) in [7, 11) is 0. The van der Waals surface area contributed by atoms with Gasteiger partial charge in [0.2, 0.25) is 5.91 Å². The maximum absolute atomic E-state index is 12.2. The molecule has 104 valence electrons. The third-order valence-corrected chi connectivity index (χ3v) is 3.72. The monoisotopic (exact) mass is 291 g/mol. The highest BCUT2D eigenvalue weighted by molar-refractivity contribution is 6.30. The normalized spacial score (nSPS) is 17.6. The van der Waals surface area contributed by atoms with E-state index in [2.05, 4.69) is 25.6 Å². The second-order valence-corrected chi connectivity index (χ2v) is 5.14. The standard InChI is InChI=1S/C13H14ClN5O/c1-7-2-8(4-16-12(7)14)19-13(20)10-3-9-11(5-15-10)18-6-17-9/h2,4,6,10,15H,3,5H2,1H3,(H,17,18)(H,19,20). The van der Waals surface area contributed by atoms with Crippen LogP contribution in [0.4, 0.5) is 5.69 Å². The Morgan fingerprint density at radius 1 is 1.50 bits per heavy atom. The number of pyridine rings is 1. The molecule has 0 fully saturated rings. The average molecular weight is 292 g/mol. The van der Waals surface area contributed by atoms with Gasteiger partial charge in [-0.1, -0.05) is 11.6 Å². The first-order valence-corrected chi connectivity index (χ1v) is 6.69. The van der Waals surface area contributed by atoms with E-state index in [0.29, 0.717) is 23.8 Å². The summed E-state index contributed by atoms with van der Waals surface area (Å²) in [6, 6.07) is 1.51. The van der Waals surface area contributed by atoms with Crippen LogP contribution >= 0.6 is 11.6 Å². The van der Waals surface area contributed by atoms with Crippen molar-refractivity contribution in [3.05, 3.63) is 40.7 Å². The van der Waals surface area contributed by atoms with Crippen LogP contribution in [0.3, 0.4) is 0 Å². The highest BCUT2D eigenvalue weighted by Crippen LogP contribution is 2.17. The van der Waals surface area contributed by atoms with Crippen molar-refractivity contribution in [1.29, 1.82) is 0 Å². The van der Waals surface area contributed by atoms with Crippen molar-refractivity contribution in [2.75, 3.05) is 5.32 Å². The molecule has 1 aliphatic heterocycles. The van der Waals surface area contributed by atoms with Crippen LogP contribution in [0.2, 0.25) is 5.15 Å². The topological polar surface area (TPSA) is 82.7 Å². The van der Waals surface area contributed by atoms with Crippen LogP contribution in [-0.4, -0.2) is 26.9 Å². The first-order valence-electron chi connectivity index (χ1n) is 6.31. The van der Waals surface area contributed by atoms with E-state index in [4.69, 9.17) is 11.6 Å². The molecule has 3 rings (SSSR count). The molecule has 20 heavy (non-hydrogen) atoms. The summed E-state index contributed by atoms with van der Waals surface area (Å²) < 4.78 is 0. The Hall–Kier alpha value is -1.92. The lowest BCUT2D eigenvalue weighted by Gasteiger charge is -2.22. The molecule has 3 N–H and O–H groups in total. The highest BCUT2D eigenvalue weighted by Gasteiger charge is 2.25. The van der Waals surface area contributed by atoms with Crippen LogP contribution in [0.1, 0.15) is 17.0 Å². The molecule has 0 saturated heterocycles. The maximum Gasteiger partial charge on any atom is 0.241 e. The molecule has 2 aromatic rings. The van der Waals surface area contributed by atoms with Gasteiger partial charge in [0.15, 0.2) is 0 Å². The molecule has 7 heteroatoms. The van der Waals surface area contributed by atoms with Gasteiger partial charge < -0.3 is 10.3 Å². The second kappa shape index (κ2) is 5.22. The van der Waals surface area contributed by atoms with Crippen LogP contribution in [0, 0.1) is 6.92 Å².